The monoisotopic (exact) mass is 269 g/mol. The summed E-state index contributed by atoms with van der Waals surface area (Å²) in [4.78, 5) is 22.4. The zero-order valence-corrected chi connectivity index (χ0v) is 11.4. The molecule has 6 heteroatoms. The van der Waals surface area contributed by atoms with E-state index in [2.05, 4.69) is 11.3 Å². The molecule has 106 valence electrons. The average molecular weight is 269 g/mol. The van der Waals surface area contributed by atoms with E-state index in [-0.39, 0.29) is 25.2 Å². The van der Waals surface area contributed by atoms with Gasteiger partial charge in [0.05, 0.1) is 17.9 Å². The number of carbonyl (C=O) groups is 2. The van der Waals surface area contributed by atoms with Crippen molar-refractivity contribution in [2.45, 2.75) is 33.3 Å². The minimum Gasteiger partial charge on any atom is -0.463 e. The second kappa shape index (κ2) is 7.54. The minimum absolute atomic E-state index is 0.0677. The third-order valence-corrected chi connectivity index (χ3v) is 2.08. The quantitative estimate of drug-likeness (QED) is 0.546. The lowest BCUT2D eigenvalue weighted by Gasteiger charge is -2.15. The number of ether oxygens (including phenoxy) is 2. The fourth-order valence-corrected chi connectivity index (χ4v) is 0.984. The topological polar surface area (TPSA) is 96.6 Å². The molecule has 0 bridgehead atoms. The first-order valence-electron chi connectivity index (χ1n) is 5.75. The Kier molecular flexibility index (Phi) is 6.80. The molecule has 0 amide bonds. The first kappa shape index (κ1) is 17.1. The summed E-state index contributed by atoms with van der Waals surface area (Å²) in [6.07, 6.45) is -1.17. The molecule has 0 aliphatic rings. The van der Waals surface area contributed by atoms with Crippen LogP contribution in [0, 0.1) is 16.7 Å². The van der Waals surface area contributed by atoms with Crippen molar-refractivity contribution in [1.82, 2.24) is 0 Å². The average Bonchev–Trinajstić information content (AvgIpc) is 2.32. The largest absolute Gasteiger partial charge is 0.463 e. The van der Waals surface area contributed by atoms with Gasteiger partial charge in [0, 0.05) is 5.57 Å². The normalized spacial score (nSPS) is 12.2. The third-order valence-electron chi connectivity index (χ3n) is 2.08. The Labute approximate surface area is 112 Å². The second-order valence-corrected chi connectivity index (χ2v) is 4.89. The van der Waals surface area contributed by atoms with Gasteiger partial charge < -0.3 is 14.6 Å². The van der Waals surface area contributed by atoms with Gasteiger partial charge in [0.2, 0.25) is 0 Å². The standard InChI is InChI=1S/C13H19NO5/c1-9(2)12(17)19-7-10(15)6-18-11(16)5-13(3,4)8-14/h10,15H,1,5-7H2,2-4H3. The second-order valence-electron chi connectivity index (χ2n) is 4.89. The fourth-order valence-electron chi connectivity index (χ4n) is 0.984. The van der Waals surface area contributed by atoms with E-state index in [1.807, 2.05) is 6.07 Å². The Morgan fingerprint density at radius 3 is 2.37 bits per heavy atom. The van der Waals surface area contributed by atoms with Crippen molar-refractivity contribution in [3.05, 3.63) is 12.2 Å². The summed E-state index contributed by atoms with van der Waals surface area (Å²) < 4.78 is 9.47. The summed E-state index contributed by atoms with van der Waals surface area (Å²) in [6.45, 7) is 7.53. The SMILES string of the molecule is C=C(C)C(=O)OCC(O)COC(=O)CC(C)(C)C#N. The van der Waals surface area contributed by atoms with Crippen LogP contribution in [0.2, 0.25) is 0 Å². The van der Waals surface area contributed by atoms with Crippen LogP contribution in [0.15, 0.2) is 12.2 Å². The van der Waals surface area contributed by atoms with Crippen LogP contribution < -0.4 is 0 Å². The number of rotatable bonds is 7. The van der Waals surface area contributed by atoms with E-state index in [0.717, 1.165) is 0 Å². The highest BCUT2D eigenvalue weighted by Gasteiger charge is 2.23. The predicted octanol–water partition coefficient (Wildman–Crippen LogP) is 0.950. The van der Waals surface area contributed by atoms with E-state index >= 15 is 0 Å². The molecule has 0 heterocycles. The van der Waals surface area contributed by atoms with Gasteiger partial charge in [-0.05, 0) is 20.8 Å². The molecule has 0 aromatic carbocycles. The van der Waals surface area contributed by atoms with Gasteiger partial charge in [-0.3, -0.25) is 4.79 Å². The molecule has 1 atom stereocenters. The van der Waals surface area contributed by atoms with Gasteiger partial charge in [0.1, 0.15) is 19.3 Å². The van der Waals surface area contributed by atoms with Gasteiger partial charge in [-0.15, -0.1) is 0 Å². The van der Waals surface area contributed by atoms with Gasteiger partial charge in [-0.2, -0.15) is 5.26 Å². The van der Waals surface area contributed by atoms with Gasteiger partial charge in [0.15, 0.2) is 0 Å². The highest BCUT2D eigenvalue weighted by atomic mass is 16.6. The van der Waals surface area contributed by atoms with E-state index in [1.54, 1.807) is 13.8 Å². The lowest BCUT2D eigenvalue weighted by Crippen LogP contribution is -2.27. The van der Waals surface area contributed by atoms with Crippen LogP contribution in [0.3, 0.4) is 0 Å². The van der Waals surface area contributed by atoms with E-state index < -0.39 is 23.5 Å². The number of carbonyl (C=O) groups excluding carboxylic acids is 2. The summed E-state index contributed by atoms with van der Waals surface area (Å²) >= 11 is 0. The molecule has 0 aliphatic carbocycles. The van der Waals surface area contributed by atoms with Gasteiger partial charge in [0.25, 0.3) is 0 Å². The third kappa shape index (κ3) is 7.95. The fraction of sp³-hybridized carbons (Fsp3) is 0.615. The lowest BCUT2D eigenvalue weighted by atomic mass is 9.92. The lowest BCUT2D eigenvalue weighted by molar-refractivity contribution is -0.151. The van der Waals surface area contributed by atoms with Gasteiger partial charge >= 0.3 is 11.9 Å². The Hall–Kier alpha value is -1.87. The molecule has 1 unspecified atom stereocenters. The van der Waals surface area contributed by atoms with Crippen molar-refractivity contribution in [3.8, 4) is 6.07 Å². The predicted molar refractivity (Wildman–Crippen MR) is 66.7 cm³/mol. The molecular formula is C13H19NO5. The first-order valence-corrected chi connectivity index (χ1v) is 5.75. The molecule has 0 fully saturated rings. The van der Waals surface area contributed by atoms with Crippen LogP contribution in [-0.2, 0) is 19.1 Å². The molecule has 0 rings (SSSR count). The Balaban J connectivity index is 3.95. The Morgan fingerprint density at radius 2 is 1.89 bits per heavy atom. The molecule has 0 spiro atoms. The van der Waals surface area contributed by atoms with Crippen LogP contribution in [0.1, 0.15) is 27.2 Å². The number of hydrogen-bond acceptors (Lipinski definition) is 6. The number of hydrogen-bond donors (Lipinski definition) is 1. The van der Waals surface area contributed by atoms with Crippen LogP contribution >= 0.6 is 0 Å². The smallest absolute Gasteiger partial charge is 0.333 e. The number of nitrogens with zero attached hydrogens (tertiary/aromatic N) is 1. The maximum atomic E-state index is 11.4. The summed E-state index contributed by atoms with van der Waals surface area (Å²) in [5.74, 6) is -1.20. The Morgan fingerprint density at radius 1 is 1.37 bits per heavy atom. The molecule has 0 saturated carbocycles. The number of nitriles is 1. The van der Waals surface area contributed by atoms with Crippen LogP contribution in [0.4, 0.5) is 0 Å². The molecule has 0 aliphatic heterocycles. The summed E-state index contributed by atoms with van der Waals surface area (Å²) in [6, 6.07) is 1.97. The van der Waals surface area contributed by atoms with E-state index in [1.165, 1.54) is 6.92 Å². The van der Waals surface area contributed by atoms with Crippen molar-refractivity contribution in [2.75, 3.05) is 13.2 Å². The van der Waals surface area contributed by atoms with Crippen molar-refractivity contribution >= 4 is 11.9 Å². The first-order chi connectivity index (χ1) is 8.68. The molecular weight excluding hydrogens is 250 g/mol. The highest BCUT2D eigenvalue weighted by molar-refractivity contribution is 5.86. The van der Waals surface area contributed by atoms with Crippen molar-refractivity contribution in [2.24, 2.45) is 5.41 Å². The maximum absolute atomic E-state index is 11.4. The minimum atomic E-state index is -1.10. The highest BCUT2D eigenvalue weighted by Crippen LogP contribution is 2.18. The molecule has 1 N–H and O–H groups in total. The number of aliphatic hydroxyl groups is 1. The van der Waals surface area contributed by atoms with E-state index in [9.17, 15) is 14.7 Å². The zero-order chi connectivity index (χ0) is 15.1. The van der Waals surface area contributed by atoms with Crippen LogP contribution in [0.5, 0.6) is 0 Å². The Bertz CT molecular complexity index is 394. The molecule has 6 nitrogen and oxygen atoms in total. The van der Waals surface area contributed by atoms with Crippen molar-refractivity contribution in [1.29, 1.82) is 5.26 Å². The zero-order valence-electron chi connectivity index (χ0n) is 11.4. The summed E-state index contributed by atoms with van der Waals surface area (Å²) in [7, 11) is 0. The maximum Gasteiger partial charge on any atom is 0.333 e. The van der Waals surface area contributed by atoms with Crippen LogP contribution in [-0.4, -0.2) is 36.4 Å². The van der Waals surface area contributed by atoms with Crippen LogP contribution in [0.25, 0.3) is 0 Å². The molecule has 0 saturated heterocycles. The molecule has 0 aromatic heterocycles. The summed E-state index contributed by atoms with van der Waals surface area (Å²) in [5.41, 5.74) is -0.589. The molecule has 0 aromatic rings. The molecule has 0 radical (unpaired) electrons. The molecule has 19 heavy (non-hydrogen) atoms. The van der Waals surface area contributed by atoms with Crippen molar-refractivity contribution in [3.63, 3.8) is 0 Å². The van der Waals surface area contributed by atoms with E-state index in [4.69, 9.17) is 10.00 Å². The van der Waals surface area contributed by atoms with Gasteiger partial charge in [-0.1, -0.05) is 6.58 Å². The van der Waals surface area contributed by atoms with Crippen molar-refractivity contribution < 1.29 is 24.2 Å². The summed E-state index contributed by atoms with van der Waals surface area (Å²) in [5, 5.41) is 18.2. The number of aliphatic hydroxyl groups excluding tert-OH is 1. The van der Waals surface area contributed by atoms with E-state index in [0.29, 0.717) is 0 Å². The van der Waals surface area contributed by atoms with Gasteiger partial charge in [-0.25, -0.2) is 4.79 Å². The number of esters is 2.